The minimum Gasteiger partial charge on any atom is -0.400 e. The van der Waals surface area contributed by atoms with Gasteiger partial charge in [0.2, 0.25) is 0 Å². The van der Waals surface area contributed by atoms with E-state index in [9.17, 15) is 4.79 Å². The van der Waals surface area contributed by atoms with E-state index >= 15 is 0 Å². The van der Waals surface area contributed by atoms with E-state index in [1.807, 2.05) is 18.2 Å². The first kappa shape index (κ1) is 10.5. The Morgan fingerprint density at radius 3 is 2.56 bits per heavy atom. The Balaban J connectivity index is 1.91. The third kappa shape index (κ3) is 1.84. The topological polar surface area (TPSA) is 52.3 Å². The van der Waals surface area contributed by atoms with Gasteiger partial charge in [0.05, 0.1) is 10.9 Å². The summed E-state index contributed by atoms with van der Waals surface area (Å²) < 4.78 is 10.3. The number of rotatable bonds is 2. The zero-order chi connectivity index (χ0) is 12.4. The van der Waals surface area contributed by atoms with E-state index in [1.165, 1.54) is 0 Å². The fourth-order valence-corrected chi connectivity index (χ4v) is 1.66. The van der Waals surface area contributed by atoms with Gasteiger partial charge in [-0.15, -0.1) is 0 Å². The molecular formula is C14H9NO3. The Bertz CT molecular complexity index is 688. The zero-order valence-electron chi connectivity index (χ0n) is 9.37. The molecule has 1 heterocycles. The van der Waals surface area contributed by atoms with Crippen LogP contribution in [0.3, 0.4) is 0 Å². The number of hydrogen-bond acceptors (Lipinski definition) is 4. The number of nitrogens with zero attached hydrogens (tertiary/aromatic N) is 1. The predicted molar refractivity (Wildman–Crippen MR) is 65.4 cm³/mol. The summed E-state index contributed by atoms with van der Waals surface area (Å²) in [5.41, 5.74) is 1.07. The molecule has 1 aromatic heterocycles. The van der Waals surface area contributed by atoms with Crippen molar-refractivity contribution in [3.63, 3.8) is 0 Å². The van der Waals surface area contributed by atoms with E-state index in [1.54, 1.807) is 36.4 Å². The van der Waals surface area contributed by atoms with Crippen molar-refractivity contribution < 1.29 is 14.1 Å². The van der Waals surface area contributed by atoms with Gasteiger partial charge in [-0.3, -0.25) is 0 Å². The van der Waals surface area contributed by atoms with Crippen LogP contribution in [0.5, 0.6) is 5.88 Å². The fraction of sp³-hybridized carbons (Fsp3) is 0. The van der Waals surface area contributed by atoms with Crippen LogP contribution < -0.4 is 4.74 Å². The van der Waals surface area contributed by atoms with E-state index in [-0.39, 0.29) is 5.88 Å². The molecule has 3 aromatic rings. The lowest BCUT2D eigenvalue weighted by molar-refractivity contribution is 0.0723. The molecule has 18 heavy (non-hydrogen) atoms. The van der Waals surface area contributed by atoms with E-state index in [0.717, 1.165) is 0 Å². The van der Waals surface area contributed by atoms with Gasteiger partial charge in [0.15, 0.2) is 5.58 Å². The van der Waals surface area contributed by atoms with Crippen LogP contribution in [0.1, 0.15) is 10.4 Å². The molecule has 0 aliphatic heterocycles. The molecule has 0 amide bonds. The molecule has 4 heteroatoms. The second-order valence-corrected chi connectivity index (χ2v) is 3.74. The maximum absolute atomic E-state index is 11.9. The number of carbonyl (C=O) groups excluding carboxylic acids is 1. The summed E-state index contributed by atoms with van der Waals surface area (Å²) in [7, 11) is 0. The maximum atomic E-state index is 11.9. The number of ether oxygens (including phenoxy) is 1. The van der Waals surface area contributed by atoms with Crippen molar-refractivity contribution >= 4 is 16.9 Å². The van der Waals surface area contributed by atoms with Crippen molar-refractivity contribution in [3.8, 4) is 5.88 Å². The number of carbonyl (C=O) groups is 1. The van der Waals surface area contributed by atoms with Gasteiger partial charge in [0.1, 0.15) is 0 Å². The van der Waals surface area contributed by atoms with Gasteiger partial charge in [-0.25, -0.2) is 4.79 Å². The Labute approximate surface area is 103 Å². The number of aromatic nitrogens is 1. The molecule has 0 aliphatic carbocycles. The molecule has 3 rings (SSSR count). The number of esters is 1. The summed E-state index contributed by atoms with van der Waals surface area (Å²) in [5.74, 6) is -0.255. The highest BCUT2D eigenvalue weighted by Crippen LogP contribution is 2.24. The zero-order valence-corrected chi connectivity index (χ0v) is 9.37. The molecule has 2 aromatic carbocycles. The summed E-state index contributed by atoms with van der Waals surface area (Å²) in [6, 6.07) is 16.0. The maximum Gasteiger partial charge on any atom is 0.344 e. The second kappa shape index (κ2) is 4.33. The summed E-state index contributed by atoms with van der Waals surface area (Å²) in [5, 5.41) is 4.42. The first-order valence-corrected chi connectivity index (χ1v) is 5.46. The average molecular weight is 239 g/mol. The fourth-order valence-electron chi connectivity index (χ4n) is 1.66. The lowest BCUT2D eigenvalue weighted by Crippen LogP contribution is -2.08. The largest absolute Gasteiger partial charge is 0.400 e. The van der Waals surface area contributed by atoms with E-state index in [4.69, 9.17) is 9.26 Å². The average Bonchev–Trinajstić information content (AvgIpc) is 2.83. The van der Waals surface area contributed by atoms with Gasteiger partial charge < -0.3 is 9.26 Å². The molecule has 0 unspecified atom stereocenters. The van der Waals surface area contributed by atoms with Crippen molar-refractivity contribution in [2.45, 2.75) is 0 Å². The smallest absolute Gasteiger partial charge is 0.344 e. The molecule has 0 saturated heterocycles. The minimum absolute atomic E-state index is 0.194. The van der Waals surface area contributed by atoms with Gasteiger partial charge in [-0.2, -0.15) is 0 Å². The quantitative estimate of drug-likeness (QED) is 0.645. The first-order chi connectivity index (χ1) is 8.84. The molecule has 4 nitrogen and oxygen atoms in total. The van der Waals surface area contributed by atoms with Crippen LogP contribution >= 0.6 is 0 Å². The molecular weight excluding hydrogens is 230 g/mol. The van der Waals surface area contributed by atoms with Crippen molar-refractivity contribution in [2.75, 3.05) is 0 Å². The molecule has 0 atom stereocenters. The molecule has 0 saturated carbocycles. The molecule has 0 bridgehead atoms. The first-order valence-electron chi connectivity index (χ1n) is 5.46. The highest BCUT2D eigenvalue weighted by molar-refractivity contribution is 5.93. The predicted octanol–water partition coefficient (Wildman–Crippen LogP) is 3.05. The Morgan fingerprint density at radius 1 is 1.00 bits per heavy atom. The summed E-state index contributed by atoms with van der Waals surface area (Å²) in [6.07, 6.45) is 0. The van der Waals surface area contributed by atoms with Crippen LogP contribution in [-0.2, 0) is 0 Å². The number of fused-ring (bicyclic) bond motifs is 1. The highest BCUT2D eigenvalue weighted by Gasteiger charge is 2.14. The van der Waals surface area contributed by atoms with Crippen LogP contribution in [-0.4, -0.2) is 11.1 Å². The monoisotopic (exact) mass is 239 g/mol. The SMILES string of the molecule is O=C(Oc1noc2ccccc12)c1ccccc1. The Morgan fingerprint density at radius 2 is 1.72 bits per heavy atom. The summed E-state index contributed by atoms with van der Waals surface area (Å²) in [4.78, 5) is 11.9. The lowest BCUT2D eigenvalue weighted by Gasteiger charge is -1.99. The van der Waals surface area contributed by atoms with Crippen LogP contribution in [0, 0.1) is 0 Å². The van der Waals surface area contributed by atoms with Crippen molar-refractivity contribution in [1.82, 2.24) is 5.16 Å². The minimum atomic E-state index is -0.449. The number of hydrogen-bond donors (Lipinski definition) is 0. The molecule has 0 fully saturated rings. The summed E-state index contributed by atoms with van der Waals surface area (Å²) >= 11 is 0. The van der Waals surface area contributed by atoms with Gasteiger partial charge >= 0.3 is 5.97 Å². The van der Waals surface area contributed by atoms with E-state index in [2.05, 4.69) is 5.16 Å². The Hall–Kier alpha value is -2.62. The third-order valence-electron chi connectivity index (χ3n) is 2.54. The molecule has 0 spiro atoms. The normalized spacial score (nSPS) is 10.4. The van der Waals surface area contributed by atoms with Crippen LogP contribution in [0.2, 0.25) is 0 Å². The van der Waals surface area contributed by atoms with Crippen LogP contribution in [0.15, 0.2) is 59.1 Å². The Kier molecular flexibility index (Phi) is 2.53. The molecule has 0 aliphatic rings. The molecule has 88 valence electrons. The van der Waals surface area contributed by atoms with Gasteiger partial charge in [-0.1, -0.05) is 30.3 Å². The third-order valence-corrected chi connectivity index (χ3v) is 2.54. The van der Waals surface area contributed by atoms with Gasteiger partial charge in [0.25, 0.3) is 5.88 Å². The second-order valence-electron chi connectivity index (χ2n) is 3.74. The number of benzene rings is 2. The van der Waals surface area contributed by atoms with Gasteiger partial charge in [0, 0.05) is 0 Å². The van der Waals surface area contributed by atoms with Crippen molar-refractivity contribution in [3.05, 3.63) is 60.2 Å². The summed E-state index contributed by atoms with van der Waals surface area (Å²) in [6.45, 7) is 0. The van der Waals surface area contributed by atoms with Crippen LogP contribution in [0.25, 0.3) is 11.0 Å². The van der Waals surface area contributed by atoms with E-state index in [0.29, 0.717) is 16.5 Å². The van der Waals surface area contributed by atoms with Crippen molar-refractivity contribution in [1.29, 1.82) is 0 Å². The van der Waals surface area contributed by atoms with Gasteiger partial charge in [-0.05, 0) is 29.4 Å². The molecule has 0 N–H and O–H groups in total. The lowest BCUT2D eigenvalue weighted by atomic mass is 10.2. The number of para-hydroxylation sites is 1. The van der Waals surface area contributed by atoms with E-state index < -0.39 is 5.97 Å². The van der Waals surface area contributed by atoms with Crippen LogP contribution in [0.4, 0.5) is 0 Å². The molecule has 0 radical (unpaired) electrons. The van der Waals surface area contributed by atoms with Crippen molar-refractivity contribution in [2.24, 2.45) is 0 Å². The standard InChI is InChI=1S/C14H9NO3/c16-14(10-6-2-1-3-7-10)17-13-11-8-4-5-9-12(11)18-15-13/h1-9H. The highest BCUT2D eigenvalue weighted by atomic mass is 16.6.